The largest absolute Gasteiger partial charge is 0.294 e. The molecule has 0 aliphatic rings. The number of nitrogens with zero attached hydrogens (tertiary/aromatic N) is 1. The lowest BCUT2D eigenvalue weighted by atomic mass is 10.2. The summed E-state index contributed by atoms with van der Waals surface area (Å²) >= 11 is 1.55. The third-order valence-electron chi connectivity index (χ3n) is 1.53. The molecule has 0 amide bonds. The Morgan fingerprint density at radius 3 is 3.00 bits per heavy atom. The summed E-state index contributed by atoms with van der Waals surface area (Å²) in [6.07, 6.45) is 4.86. The van der Waals surface area contributed by atoms with Crippen LogP contribution in [0.5, 0.6) is 0 Å². The Balaban J connectivity index is 2.50. The van der Waals surface area contributed by atoms with Crippen LogP contribution in [0.15, 0.2) is 17.5 Å². The van der Waals surface area contributed by atoms with Gasteiger partial charge in [0.1, 0.15) is 5.01 Å². The Kier molecular flexibility index (Phi) is 3.83. The van der Waals surface area contributed by atoms with E-state index < -0.39 is 0 Å². The molecule has 70 valence electrons. The van der Waals surface area contributed by atoms with Gasteiger partial charge in [-0.2, -0.15) is 0 Å². The molecule has 3 heteroatoms. The van der Waals surface area contributed by atoms with Gasteiger partial charge in [0.25, 0.3) is 0 Å². The molecule has 0 spiro atoms. The van der Waals surface area contributed by atoms with Gasteiger partial charge in [-0.3, -0.25) is 4.79 Å². The molecular weight excluding hydrogens is 182 g/mol. The van der Waals surface area contributed by atoms with Crippen molar-refractivity contribution in [2.75, 3.05) is 0 Å². The van der Waals surface area contributed by atoms with E-state index in [9.17, 15) is 4.79 Å². The van der Waals surface area contributed by atoms with Crippen LogP contribution in [-0.4, -0.2) is 10.8 Å². The van der Waals surface area contributed by atoms with Gasteiger partial charge in [0.05, 0.1) is 6.42 Å². The van der Waals surface area contributed by atoms with Crippen LogP contribution in [0.4, 0.5) is 0 Å². The minimum absolute atomic E-state index is 0.135. The summed E-state index contributed by atoms with van der Waals surface area (Å²) in [5, 5.41) is 2.87. The van der Waals surface area contributed by atoms with Crippen LogP contribution in [0, 0.1) is 6.92 Å². The van der Waals surface area contributed by atoms with Crippen molar-refractivity contribution < 1.29 is 4.79 Å². The molecule has 0 saturated heterocycles. The van der Waals surface area contributed by atoms with Crippen LogP contribution in [0.25, 0.3) is 0 Å². The van der Waals surface area contributed by atoms with Crippen LogP contribution in [-0.2, 0) is 11.2 Å². The highest BCUT2D eigenvalue weighted by Crippen LogP contribution is 2.09. The molecule has 0 atom stereocenters. The Hall–Kier alpha value is -0.960. The molecular formula is C10H13NOS. The SMILES string of the molecule is CC/C=C/C(=O)Cc1nc(C)cs1. The van der Waals surface area contributed by atoms with E-state index in [-0.39, 0.29) is 5.78 Å². The highest BCUT2D eigenvalue weighted by atomic mass is 32.1. The first-order chi connectivity index (χ1) is 6.22. The number of carbonyl (C=O) groups excluding carboxylic acids is 1. The third-order valence-corrected chi connectivity index (χ3v) is 2.50. The third kappa shape index (κ3) is 3.51. The predicted octanol–water partition coefficient (Wildman–Crippen LogP) is 2.53. The van der Waals surface area contributed by atoms with Crippen LogP contribution < -0.4 is 0 Å². The second-order valence-electron chi connectivity index (χ2n) is 2.84. The van der Waals surface area contributed by atoms with Crippen LogP contribution in [0.2, 0.25) is 0 Å². The van der Waals surface area contributed by atoms with E-state index in [2.05, 4.69) is 4.98 Å². The summed E-state index contributed by atoms with van der Waals surface area (Å²) in [6.45, 7) is 3.95. The van der Waals surface area contributed by atoms with Gasteiger partial charge in [0.15, 0.2) is 5.78 Å². The summed E-state index contributed by atoms with van der Waals surface area (Å²) in [5.74, 6) is 0.135. The van der Waals surface area contributed by atoms with E-state index in [4.69, 9.17) is 0 Å². The fraction of sp³-hybridized carbons (Fsp3) is 0.400. The van der Waals surface area contributed by atoms with Crippen LogP contribution in [0.1, 0.15) is 24.0 Å². The summed E-state index contributed by atoms with van der Waals surface area (Å²) in [7, 11) is 0. The van der Waals surface area contributed by atoms with Gasteiger partial charge >= 0.3 is 0 Å². The Morgan fingerprint density at radius 1 is 1.69 bits per heavy atom. The van der Waals surface area contributed by atoms with E-state index >= 15 is 0 Å². The van der Waals surface area contributed by atoms with Gasteiger partial charge in [-0.25, -0.2) is 4.98 Å². The van der Waals surface area contributed by atoms with Gasteiger partial charge in [-0.15, -0.1) is 11.3 Å². The maximum absolute atomic E-state index is 11.3. The number of allylic oxidation sites excluding steroid dienone is 2. The highest BCUT2D eigenvalue weighted by Gasteiger charge is 2.02. The van der Waals surface area contributed by atoms with Crippen molar-refractivity contribution in [3.05, 3.63) is 28.2 Å². The lowest BCUT2D eigenvalue weighted by molar-refractivity contribution is -0.114. The normalized spacial score (nSPS) is 10.9. The molecule has 0 aliphatic carbocycles. The van der Waals surface area contributed by atoms with Gasteiger partial charge in [0, 0.05) is 11.1 Å². The molecule has 0 aliphatic heterocycles. The van der Waals surface area contributed by atoms with Gasteiger partial charge < -0.3 is 0 Å². The first kappa shape index (κ1) is 10.1. The molecule has 0 aromatic carbocycles. The zero-order valence-corrected chi connectivity index (χ0v) is 8.73. The monoisotopic (exact) mass is 195 g/mol. The van der Waals surface area contributed by atoms with E-state index in [0.717, 1.165) is 17.1 Å². The van der Waals surface area contributed by atoms with Crippen molar-refractivity contribution in [3.63, 3.8) is 0 Å². The van der Waals surface area contributed by atoms with E-state index in [1.165, 1.54) is 0 Å². The number of aromatic nitrogens is 1. The van der Waals surface area contributed by atoms with Crippen molar-refractivity contribution >= 4 is 17.1 Å². The molecule has 1 heterocycles. The minimum atomic E-state index is 0.135. The molecule has 1 aromatic rings. The zero-order valence-electron chi connectivity index (χ0n) is 7.91. The van der Waals surface area contributed by atoms with Crippen molar-refractivity contribution in [1.29, 1.82) is 0 Å². The molecule has 0 saturated carbocycles. The molecule has 2 nitrogen and oxygen atoms in total. The second-order valence-corrected chi connectivity index (χ2v) is 3.78. The maximum atomic E-state index is 11.3. The standard InChI is InChI=1S/C10H13NOS/c1-3-4-5-9(12)6-10-11-8(2)7-13-10/h4-5,7H,3,6H2,1-2H3/b5-4+. The molecule has 13 heavy (non-hydrogen) atoms. The van der Waals surface area contributed by atoms with Crippen molar-refractivity contribution in [1.82, 2.24) is 4.98 Å². The fourth-order valence-electron chi connectivity index (χ4n) is 0.941. The molecule has 0 fully saturated rings. The molecule has 0 radical (unpaired) electrons. The Labute approximate surface area is 82.3 Å². The first-order valence-corrected chi connectivity index (χ1v) is 5.20. The maximum Gasteiger partial charge on any atom is 0.162 e. The number of ketones is 1. The highest BCUT2D eigenvalue weighted by molar-refractivity contribution is 7.09. The van der Waals surface area contributed by atoms with Gasteiger partial charge in [-0.05, 0) is 19.4 Å². The lowest BCUT2D eigenvalue weighted by Crippen LogP contribution is -1.97. The second kappa shape index (κ2) is 4.92. The lowest BCUT2D eigenvalue weighted by Gasteiger charge is -1.89. The molecule has 0 unspecified atom stereocenters. The number of thiazole rings is 1. The number of rotatable bonds is 4. The predicted molar refractivity (Wildman–Crippen MR) is 55.0 cm³/mol. The number of hydrogen-bond donors (Lipinski definition) is 0. The topological polar surface area (TPSA) is 30.0 Å². The Bertz CT molecular complexity index is 314. The molecule has 1 aromatic heterocycles. The van der Waals surface area contributed by atoms with E-state index in [1.807, 2.05) is 25.3 Å². The fourth-order valence-corrected chi connectivity index (χ4v) is 1.72. The zero-order chi connectivity index (χ0) is 9.68. The van der Waals surface area contributed by atoms with Crippen molar-refractivity contribution in [3.8, 4) is 0 Å². The van der Waals surface area contributed by atoms with E-state index in [0.29, 0.717) is 6.42 Å². The summed E-state index contributed by atoms with van der Waals surface area (Å²) < 4.78 is 0. The van der Waals surface area contributed by atoms with E-state index in [1.54, 1.807) is 17.4 Å². The average molecular weight is 195 g/mol. The Morgan fingerprint density at radius 2 is 2.46 bits per heavy atom. The van der Waals surface area contributed by atoms with Gasteiger partial charge in [-0.1, -0.05) is 13.0 Å². The summed E-state index contributed by atoms with van der Waals surface area (Å²) in [6, 6.07) is 0. The number of aryl methyl sites for hydroxylation is 1. The summed E-state index contributed by atoms with van der Waals surface area (Å²) in [5.41, 5.74) is 0.993. The van der Waals surface area contributed by atoms with Crippen LogP contribution in [0.3, 0.4) is 0 Å². The smallest absolute Gasteiger partial charge is 0.162 e. The number of hydrogen-bond acceptors (Lipinski definition) is 3. The first-order valence-electron chi connectivity index (χ1n) is 4.32. The van der Waals surface area contributed by atoms with Crippen molar-refractivity contribution in [2.45, 2.75) is 26.7 Å². The molecule has 0 bridgehead atoms. The number of carbonyl (C=O) groups is 1. The quantitative estimate of drug-likeness (QED) is 0.691. The van der Waals surface area contributed by atoms with Crippen molar-refractivity contribution in [2.24, 2.45) is 0 Å². The molecule has 1 rings (SSSR count). The molecule has 0 N–H and O–H groups in total. The van der Waals surface area contributed by atoms with Crippen LogP contribution >= 0.6 is 11.3 Å². The minimum Gasteiger partial charge on any atom is -0.294 e. The average Bonchev–Trinajstić information content (AvgIpc) is 2.48. The van der Waals surface area contributed by atoms with Gasteiger partial charge in [0.2, 0.25) is 0 Å². The summed E-state index contributed by atoms with van der Waals surface area (Å²) in [4.78, 5) is 15.5.